The first-order valence-corrected chi connectivity index (χ1v) is 8.81. The summed E-state index contributed by atoms with van der Waals surface area (Å²) in [5, 5.41) is 12.4. The first-order valence-electron chi connectivity index (χ1n) is 8.81. The molecule has 0 bridgehead atoms. The van der Waals surface area contributed by atoms with E-state index >= 15 is 0 Å². The lowest BCUT2D eigenvalue weighted by molar-refractivity contribution is 0.159. The van der Waals surface area contributed by atoms with Gasteiger partial charge in [-0.25, -0.2) is 19.9 Å². The summed E-state index contributed by atoms with van der Waals surface area (Å²) in [5.74, 6) is 2.44. The molecule has 1 saturated heterocycles. The lowest BCUT2D eigenvalue weighted by Crippen LogP contribution is -2.36. The van der Waals surface area contributed by atoms with Crippen molar-refractivity contribution >= 4 is 11.8 Å². The highest BCUT2D eigenvalue weighted by Crippen LogP contribution is 2.26. The van der Waals surface area contributed by atoms with Gasteiger partial charge in [0.25, 0.3) is 0 Å². The maximum Gasteiger partial charge on any atom is 0.228 e. The Morgan fingerprint density at radius 3 is 2.52 bits per heavy atom. The monoisotopic (exact) mass is 342 g/mol. The van der Waals surface area contributed by atoms with Gasteiger partial charge in [-0.1, -0.05) is 0 Å². The molecular formula is C18H26N6O. The summed E-state index contributed by atoms with van der Waals surface area (Å²) in [4.78, 5) is 20.5. The van der Waals surface area contributed by atoms with Crippen molar-refractivity contribution in [2.45, 2.75) is 39.5 Å². The Morgan fingerprint density at radius 1 is 1.08 bits per heavy atom. The first kappa shape index (κ1) is 17.7. The Bertz CT molecular complexity index is 713. The van der Waals surface area contributed by atoms with Gasteiger partial charge in [0.15, 0.2) is 0 Å². The van der Waals surface area contributed by atoms with Crippen LogP contribution in [0.4, 0.5) is 11.8 Å². The lowest BCUT2D eigenvalue weighted by atomic mass is 9.97. The number of aliphatic hydroxyl groups excluding tert-OH is 1. The molecule has 2 N–H and O–H groups in total. The highest BCUT2D eigenvalue weighted by Gasteiger charge is 2.23. The van der Waals surface area contributed by atoms with Crippen LogP contribution in [0.25, 0.3) is 0 Å². The molecule has 0 aromatic carbocycles. The van der Waals surface area contributed by atoms with Gasteiger partial charge in [-0.3, -0.25) is 0 Å². The molecule has 2 aromatic heterocycles. The van der Waals surface area contributed by atoms with Gasteiger partial charge >= 0.3 is 0 Å². The second-order valence-electron chi connectivity index (χ2n) is 6.72. The molecule has 0 saturated carbocycles. The molecule has 0 radical (unpaired) electrons. The van der Waals surface area contributed by atoms with Gasteiger partial charge in [0.2, 0.25) is 5.95 Å². The summed E-state index contributed by atoms with van der Waals surface area (Å²) >= 11 is 0. The normalized spacial score (nSPS) is 18.3. The van der Waals surface area contributed by atoms with Crippen LogP contribution in [0.1, 0.15) is 41.7 Å². The molecule has 0 amide bonds. The van der Waals surface area contributed by atoms with Crippen LogP contribution in [-0.4, -0.2) is 56.2 Å². The Morgan fingerprint density at radius 2 is 1.80 bits per heavy atom. The van der Waals surface area contributed by atoms with Crippen molar-refractivity contribution in [3.63, 3.8) is 0 Å². The van der Waals surface area contributed by atoms with E-state index < -0.39 is 0 Å². The van der Waals surface area contributed by atoms with Crippen LogP contribution in [0.2, 0.25) is 0 Å². The number of anilines is 2. The fraction of sp³-hybridized carbons (Fsp3) is 0.556. The maximum atomic E-state index is 9.18. The quantitative estimate of drug-likeness (QED) is 0.860. The zero-order valence-corrected chi connectivity index (χ0v) is 15.2. The Balaban J connectivity index is 1.80. The third-order valence-corrected chi connectivity index (χ3v) is 4.38. The van der Waals surface area contributed by atoms with Crippen LogP contribution in [0.15, 0.2) is 12.1 Å². The number of likely N-dealkylation sites (tertiary alicyclic amines) is 1. The van der Waals surface area contributed by atoms with Gasteiger partial charge < -0.3 is 15.3 Å². The minimum Gasteiger partial charge on any atom is -0.395 e. The molecule has 1 aliphatic rings. The summed E-state index contributed by atoms with van der Waals surface area (Å²) in [5.41, 5.74) is 2.78. The molecule has 25 heavy (non-hydrogen) atoms. The fourth-order valence-electron chi connectivity index (χ4n) is 3.35. The zero-order chi connectivity index (χ0) is 17.8. The second kappa shape index (κ2) is 7.84. The van der Waals surface area contributed by atoms with Crippen molar-refractivity contribution in [1.29, 1.82) is 0 Å². The number of nitrogens with zero attached hydrogens (tertiary/aromatic N) is 5. The number of aromatic nitrogens is 4. The van der Waals surface area contributed by atoms with Crippen molar-refractivity contribution in [3.8, 4) is 0 Å². The zero-order valence-electron chi connectivity index (χ0n) is 15.2. The van der Waals surface area contributed by atoms with Crippen LogP contribution in [0.5, 0.6) is 0 Å². The molecule has 3 rings (SSSR count). The summed E-state index contributed by atoms with van der Waals surface area (Å²) in [6, 6.07) is 3.86. The van der Waals surface area contributed by atoms with E-state index in [1.165, 1.54) is 0 Å². The molecule has 1 aliphatic heterocycles. The number of aryl methyl sites for hydroxylation is 3. The summed E-state index contributed by atoms with van der Waals surface area (Å²) in [7, 11) is 0. The summed E-state index contributed by atoms with van der Waals surface area (Å²) in [6.07, 6.45) is 2.18. The predicted molar refractivity (Wildman–Crippen MR) is 97.1 cm³/mol. The number of aliphatic hydroxyl groups is 1. The number of rotatable bonds is 5. The van der Waals surface area contributed by atoms with E-state index in [2.05, 4.69) is 25.2 Å². The molecule has 7 heteroatoms. The number of hydrogen-bond donors (Lipinski definition) is 2. The van der Waals surface area contributed by atoms with Gasteiger partial charge in [-0.2, -0.15) is 0 Å². The number of nitrogens with one attached hydrogen (secondary N) is 1. The average molecular weight is 342 g/mol. The number of piperidine rings is 1. The van der Waals surface area contributed by atoms with Gasteiger partial charge in [-0.15, -0.1) is 0 Å². The fourth-order valence-corrected chi connectivity index (χ4v) is 3.35. The van der Waals surface area contributed by atoms with E-state index in [1.807, 2.05) is 32.9 Å². The van der Waals surface area contributed by atoms with E-state index in [9.17, 15) is 5.11 Å². The van der Waals surface area contributed by atoms with Crippen molar-refractivity contribution in [2.24, 2.45) is 0 Å². The van der Waals surface area contributed by atoms with Crippen molar-refractivity contribution in [2.75, 3.05) is 31.6 Å². The van der Waals surface area contributed by atoms with Gasteiger partial charge in [0.1, 0.15) is 11.6 Å². The second-order valence-corrected chi connectivity index (χ2v) is 6.72. The molecule has 0 spiro atoms. The van der Waals surface area contributed by atoms with Crippen molar-refractivity contribution in [1.82, 2.24) is 24.8 Å². The standard InChI is InChI=1S/C18H26N6O/c1-12-9-13(2)21-18(20-12)23-16-10-14(3)19-17(22-16)15-5-4-6-24(11-15)7-8-25/h9-10,15,25H,4-8,11H2,1-3H3,(H,19,20,21,22,23). The van der Waals surface area contributed by atoms with Gasteiger partial charge in [-0.05, 0) is 46.2 Å². The van der Waals surface area contributed by atoms with Crippen LogP contribution < -0.4 is 5.32 Å². The third kappa shape index (κ3) is 4.70. The first-order chi connectivity index (χ1) is 12.0. The summed E-state index contributed by atoms with van der Waals surface area (Å²) < 4.78 is 0. The third-order valence-electron chi connectivity index (χ3n) is 4.38. The Labute approximate surface area is 148 Å². The average Bonchev–Trinajstić information content (AvgIpc) is 2.54. The topological polar surface area (TPSA) is 87.1 Å². The highest BCUT2D eigenvalue weighted by atomic mass is 16.3. The van der Waals surface area contributed by atoms with Crippen molar-refractivity contribution < 1.29 is 5.11 Å². The summed E-state index contributed by atoms with van der Waals surface area (Å²) in [6.45, 7) is 8.71. The van der Waals surface area contributed by atoms with E-state index in [0.717, 1.165) is 54.7 Å². The minimum absolute atomic E-state index is 0.193. The molecule has 1 atom stereocenters. The van der Waals surface area contributed by atoms with Crippen LogP contribution in [0, 0.1) is 20.8 Å². The van der Waals surface area contributed by atoms with E-state index in [1.54, 1.807) is 0 Å². The maximum absolute atomic E-state index is 9.18. The number of hydrogen-bond acceptors (Lipinski definition) is 7. The van der Waals surface area contributed by atoms with Gasteiger partial charge in [0, 0.05) is 42.2 Å². The van der Waals surface area contributed by atoms with Crippen LogP contribution in [0.3, 0.4) is 0 Å². The molecule has 2 aromatic rings. The van der Waals surface area contributed by atoms with Crippen molar-refractivity contribution in [3.05, 3.63) is 35.0 Å². The van der Waals surface area contributed by atoms with E-state index in [4.69, 9.17) is 4.98 Å². The smallest absolute Gasteiger partial charge is 0.228 e. The minimum atomic E-state index is 0.193. The van der Waals surface area contributed by atoms with Crippen LogP contribution >= 0.6 is 0 Å². The molecule has 134 valence electrons. The lowest BCUT2D eigenvalue weighted by Gasteiger charge is -2.31. The largest absolute Gasteiger partial charge is 0.395 e. The predicted octanol–water partition coefficient (Wildman–Crippen LogP) is 2.11. The Kier molecular flexibility index (Phi) is 5.55. The van der Waals surface area contributed by atoms with E-state index in [-0.39, 0.29) is 6.61 Å². The van der Waals surface area contributed by atoms with E-state index in [0.29, 0.717) is 18.4 Å². The molecule has 3 heterocycles. The molecule has 1 unspecified atom stereocenters. The molecule has 7 nitrogen and oxygen atoms in total. The van der Waals surface area contributed by atoms with Gasteiger partial charge in [0.05, 0.1) is 6.61 Å². The molecular weight excluding hydrogens is 316 g/mol. The molecule has 1 fully saturated rings. The number of β-amino-alcohol motifs (C(OH)–C–C–N with tert-alkyl or cyclic N) is 1. The van der Waals surface area contributed by atoms with Crippen LogP contribution in [-0.2, 0) is 0 Å². The Hall–Kier alpha value is -2.12. The SMILES string of the molecule is Cc1cc(C)nc(Nc2cc(C)nc(C3CCCN(CCO)C3)n2)n1. The highest BCUT2D eigenvalue weighted by molar-refractivity contribution is 5.48. The molecule has 0 aliphatic carbocycles.